The fraction of sp³-hybridized carbons (Fsp3) is 0.350. The minimum absolute atomic E-state index is 0.00358. The number of para-hydroxylation sites is 1. The lowest BCUT2D eigenvalue weighted by Gasteiger charge is -2.30. The molecule has 2 aromatic carbocycles. The molecule has 0 amide bonds. The Hall–Kier alpha value is -1.85. The van der Waals surface area contributed by atoms with E-state index in [2.05, 4.69) is 0 Å². The predicted octanol–water partition coefficient (Wildman–Crippen LogP) is 3.11. The number of benzene rings is 2. The van der Waals surface area contributed by atoms with Crippen LogP contribution in [0.15, 0.2) is 58.3 Å². The largest absolute Gasteiger partial charge is 0.243 e. The maximum Gasteiger partial charge on any atom is 0.243 e. The second-order valence-corrected chi connectivity index (χ2v) is 12.6. The number of rotatable bonds is 5. The minimum atomic E-state index is -3.77. The fourth-order valence-corrected chi connectivity index (χ4v) is 7.24. The van der Waals surface area contributed by atoms with Gasteiger partial charge in [0, 0.05) is 33.1 Å². The highest BCUT2D eigenvalue weighted by Gasteiger charge is 2.32. The van der Waals surface area contributed by atoms with Crippen molar-refractivity contribution >= 4 is 41.6 Å². The van der Waals surface area contributed by atoms with Crippen molar-refractivity contribution in [2.75, 3.05) is 27.2 Å². The Morgan fingerprint density at radius 3 is 2.30 bits per heavy atom. The van der Waals surface area contributed by atoms with Gasteiger partial charge in [-0.05, 0) is 43.2 Å². The van der Waals surface area contributed by atoms with Gasteiger partial charge in [-0.2, -0.15) is 4.31 Å². The van der Waals surface area contributed by atoms with Gasteiger partial charge in [-0.3, -0.25) is 0 Å². The van der Waals surface area contributed by atoms with Gasteiger partial charge in [-0.25, -0.2) is 26.1 Å². The topological polar surface area (TPSA) is 87.7 Å². The molecule has 7 nitrogen and oxygen atoms in total. The van der Waals surface area contributed by atoms with Crippen LogP contribution >= 0.6 is 11.3 Å². The lowest BCUT2D eigenvalue weighted by atomic mass is 9.99. The van der Waals surface area contributed by atoms with Gasteiger partial charge in [0.05, 0.1) is 25.0 Å². The van der Waals surface area contributed by atoms with Crippen LogP contribution in [0, 0.1) is 0 Å². The number of nitrogens with zero attached hydrogens (tertiary/aromatic N) is 3. The van der Waals surface area contributed by atoms with Crippen LogP contribution in [0.25, 0.3) is 10.2 Å². The number of fused-ring (bicyclic) bond motifs is 1. The molecule has 2 heterocycles. The molecule has 0 atom stereocenters. The van der Waals surface area contributed by atoms with Gasteiger partial charge in [0.25, 0.3) is 0 Å². The maximum atomic E-state index is 13.1. The van der Waals surface area contributed by atoms with Crippen LogP contribution in [-0.4, -0.2) is 57.6 Å². The molecule has 1 aromatic heterocycles. The van der Waals surface area contributed by atoms with Gasteiger partial charge in [0.15, 0.2) is 0 Å². The van der Waals surface area contributed by atoms with E-state index >= 15 is 0 Å². The van der Waals surface area contributed by atoms with Crippen molar-refractivity contribution in [1.29, 1.82) is 0 Å². The van der Waals surface area contributed by atoms with Gasteiger partial charge >= 0.3 is 0 Å². The molecule has 160 valence electrons. The fourth-order valence-electron chi connectivity index (χ4n) is 3.56. The quantitative estimate of drug-likeness (QED) is 0.578. The predicted molar refractivity (Wildman–Crippen MR) is 118 cm³/mol. The Balaban J connectivity index is 1.53. The first-order chi connectivity index (χ1) is 14.2. The zero-order valence-electron chi connectivity index (χ0n) is 16.7. The Labute approximate surface area is 181 Å². The average molecular weight is 466 g/mol. The number of hydrogen-bond acceptors (Lipinski definition) is 6. The smallest absolute Gasteiger partial charge is 0.241 e. The van der Waals surface area contributed by atoms with E-state index in [1.54, 1.807) is 11.3 Å². The molecule has 0 aliphatic carbocycles. The van der Waals surface area contributed by atoms with Crippen LogP contribution in [0.1, 0.15) is 23.8 Å². The molecule has 10 heteroatoms. The van der Waals surface area contributed by atoms with E-state index in [0.29, 0.717) is 25.9 Å². The number of thiazole rings is 1. The van der Waals surface area contributed by atoms with Crippen molar-refractivity contribution in [3.63, 3.8) is 0 Å². The molecule has 0 unspecified atom stereocenters. The van der Waals surface area contributed by atoms with E-state index < -0.39 is 20.0 Å². The Morgan fingerprint density at radius 2 is 1.63 bits per heavy atom. The average Bonchev–Trinajstić information content (AvgIpc) is 3.18. The second-order valence-electron chi connectivity index (χ2n) is 7.46. The summed E-state index contributed by atoms with van der Waals surface area (Å²) in [6.45, 7) is 0.765. The highest BCUT2D eigenvalue weighted by Crippen LogP contribution is 2.35. The molecule has 0 radical (unpaired) electrons. The summed E-state index contributed by atoms with van der Waals surface area (Å²) >= 11 is 1.67. The third kappa shape index (κ3) is 3.90. The summed E-state index contributed by atoms with van der Waals surface area (Å²) < 4.78 is 54.6. The van der Waals surface area contributed by atoms with E-state index in [0.717, 1.165) is 19.5 Å². The summed E-state index contributed by atoms with van der Waals surface area (Å²) in [6.07, 6.45) is 1.38. The van der Waals surface area contributed by atoms with Gasteiger partial charge in [-0.1, -0.05) is 18.2 Å². The van der Waals surface area contributed by atoms with E-state index in [1.807, 2.05) is 24.3 Å². The molecular weight excluding hydrogens is 442 g/mol. The molecule has 1 aliphatic heterocycles. The van der Waals surface area contributed by atoms with E-state index in [1.165, 1.54) is 42.7 Å². The molecule has 1 saturated heterocycles. The van der Waals surface area contributed by atoms with Crippen LogP contribution in [-0.2, 0) is 20.0 Å². The summed E-state index contributed by atoms with van der Waals surface area (Å²) in [5, 5.41) is 1.05. The molecule has 0 N–H and O–H groups in total. The van der Waals surface area contributed by atoms with E-state index in [9.17, 15) is 16.8 Å². The number of aromatic nitrogens is 1. The SMILES string of the molecule is CN(C)S(=O)(=O)c1cccc(S(=O)(=O)N2CCC(c3nc4ccccc4s3)CC2)c1. The summed E-state index contributed by atoms with van der Waals surface area (Å²) in [6, 6.07) is 13.6. The summed E-state index contributed by atoms with van der Waals surface area (Å²) in [5.41, 5.74) is 0.978. The number of sulfonamides is 2. The third-order valence-corrected chi connectivity index (χ3v) is 10.2. The van der Waals surface area contributed by atoms with Gasteiger partial charge in [0.1, 0.15) is 0 Å². The second kappa shape index (κ2) is 8.01. The summed E-state index contributed by atoms with van der Waals surface area (Å²) in [4.78, 5) is 4.69. The Bertz CT molecular complexity index is 1240. The normalized spacial score (nSPS) is 17.0. The van der Waals surface area contributed by atoms with Crippen LogP contribution in [0.4, 0.5) is 0 Å². The molecule has 1 fully saturated rings. The summed E-state index contributed by atoms with van der Waals surface area (Å²) in [7, 11) is -4.63. The van der Waals surface area contributed by atoms with Gasteiger partial charge in [0.2, 0.25) is 20.0 Å². The zero-order valence-corrected chi connectivity index (χ0v) is 19.2. The molecule has 1 aliphatic rings. The molecule has 30 heavy (non-hydrogen) atoms. The lowest BCUT2D eigenvalue weighted by Crippen LogP contribution is -2.38. The van der Waals surface area contributed by atoms with Crippen molar-refractivity contribution in [2.45, 2.75) is 28.6 Å². The van der Waals surface area contributed by atoms with Crippen LogP contribution in [0.2, 0.25) is 0 Å². The Morgan fingerprint density at radius 1 is 0.967 bits per heavy atom. The van der Waals surface area contributed by atoms with Gasteiger partial charge in [-0.15, -0.1) is 11.3 Å². The first-order valence-electron chi connectivity index (χ1n) is 9.58. The monoisotopic (exact) mass is 465 g/mol. The van der Waals surface area contributed by atoms with E-state index in [-0.39, 0.29) is 15.7 Å². The zero-order chi connectivity index (χ0) is 21.5. The molecule has 0 saturated carbocycles. The standard InChI is InChI=1S/C20H23N3O4S3/c1-22(2)29(24,25)16-6-5-7-17(14-16)30(26,27)23-12-10-15(11-13-23)20-21-18-8-3-4-9-19(18)28-20/h3-9,14-15H,10-13H2,1-2H3. The van der Waals surface area contributed by atoms with Crippen LogP contribution in [0.5, 0.6) is 0 Å². The minimum Gasteiger partial charge on any atom is -0.241 e. The molecule has 3 aromatic rings. The molecule has 4 rings (SSSR count). The van der Waals surface area contributed by atoms with Crippen molar-refractivity contribution < 1.29 is 16.8 Å². The Kier molecular flexibility index (Phi) is 5.71. The van der Waals surface area contributed by atoms with Gasteiger partial charge < -0.3 is 0 Å². The highest BCUT2D eigenvalue weighted by atomic mass is 32.2. The van der Waals surface area contributed by atoms with Crippen molar-refractivity contribution in [2.24, 2.45) is 0 Å². The molecule has 0 spiro atoms. The highest BCUT2D eigenvalue weighted by molar-refractivity contribution is 7.90. The third-order valence-electron chi connectivity index (χ3n) is 5.34. The van der Waals surface area contributed by atoms with Crippen molar-refractivity contribution in [1.82, 2.24) is 13.6 Å². The first-order valence-corrected chi connectivity index (χ1v) is 13.3. The first kappa shape index (κ1) is 21.4. The van der Waals surface area contributed by atoms with Crippen LogP contribution < -0.4 is 0 Å². The number of piperidine rings is 1. The molecular formula is C20H23N3O4S3. The van der Waals surface area contributed by atoms with Crippen molar-refractivity contribution in [3.05, 3.63) is 53.5 Å². The molecule has 0 bridgehead atoms. The number of hydrogen-bond donors (Lipinski definition) is 0. The lowest BCUT2D eigenvalue weighted by molar-refractivity contribution is 0.319. The maximum absolute atomic E-state index is 13.1. The van der Waals surface area contributed by atoms with Crippen molar-refractivity contribution in [3.8, 4) is 0 Å². The summed E-state index contributed by atoms with van der Waals surface area (Å²) in [5.74, 6) is 0.231. The van der Waals surface area contributed by atoms with E-state index in [4.69, 9.17) is 4.98 Å². The van der Waals surface area contributed by atoms with Crippen LogP contribution in [0.3, 0.4) is 0 Å².